The Morgan fingerprint density at radius 1 is 1.18 bits per heavy atom. The summed E-state index contributed by atoms with van der Waals surface area (Å²) in [5, 5.41) is 2.74. The molecule has 0 spiro atoms. The minimum Gasteiger partial charge on any atom is -0.493 e. The van der Waals surface area contributed by atoms with Crippen LogP contribution >= 0.6 is 0 Å². The molecule has 2 saturated heterocycles. The van der Waals surface area contributed by atoms with Gasteiger partial charge >= 0.3 is 6.03 Å². The SMILES string of the molecule is COc1ccc([C@@]2(C)NC(=O)N(CC(=O)c3cc(C)n(C[C@@H]4CCCO4)c3C)C2=O)cc1OC. The second kappa shape index (κ2) is 9.13. The van der Waals surface area contributed by atoms with Crippen molar-refractivity contribution in [2.24, 2.45) is 0 Å². The van der Waals surface area contributed by atoms with Gasteiger partial charge in [-0.25, -0.2) is 4.79 Å². The van der Waals surface area contributed by atoms with Gasteiger partial charge in [-0.15, -0.1) is 0 Å². The summed E-state index contributed by atoms with van der Waals surface area (Å²) in [5.41, 5.74) is 1.48. The molecular weight excluding hydrogens is 438 g/mol. The zero-order valence-corrected chi connectivity index (χ0v) is 20.3. The highest BCUT2D eigenvalue weighted by molar-refractivity contribution is 6.11. The van der Waals surface area contributed by atoms with Crippen molar-refractivity contribution in [3.63, 3.8) is 0 Å². The lowest BCUT2D eigenvalue weighted by Gasteiger charge is -2.23. The second-order valence-electron chi connectivity index (χ2n) is 8.97. The van der Waals surface area contributed by atoms with Crippen LogP contribution in [-0.2, 0) is 21.6 Å². The molecule has 1 aromatic heterocycles. The first-order valence-electron chi connectivity index (χ1n) is 11.4. The van der Waals surface area contributed by atoms with Gasteiger partial charge in [-0.1, -0.05) is 6.07 Å². The van der Waals surface area contributed by atoms with E-state index in [-0.39, 0.29) is 18.4 Å². The molecule has 0 radical (unpaired) electrons. The van der Waals surface area contributed by atoms with Gasteiger partial charge in [0.15, 0.2) is 17.3 Å². The Morgan fingerprint density at radius 3 is 2.56 bits per heavy atom. The van der Waals surface area contributed by atoms with E-state index in [2.05, 4.69) is 9.88 Å². The summed E-state index contributed by atoms with van der Waals surface area (Å²) in [4.78, 5) is 40.3. The molecular formula is C25H31N3O6. The van der Waals surface area contributed by atoms with Crippen molar-refractivity contribution >= 4 is 17.7 Å². The number of benzene rings is 1. The van der Waals surface area contributed by atoms with Gasteiger partial charge in [-0.3, -0.25) is 14.5 Å². The number of nitrogens with zero attached hydrogens (tertiary/aromatic N) is 2. The number of urea groups is 1. The molecule has 0 saturated carbocycles. The number of amides is 3. The van der Waals surface area contributed by atoms with Gasteiger partial charge in [0.1, 0.15) is 5.54 Å². The van der Waals surface area contributed by atoms with Gasteiger partial charge in [-0.05, 0) is 57.4 Å². The van der Waals surface area contributed by atoms with Crippen molar-refractivity contribution in [3.8, 4) is 11.5 Å². The zero-order valence-electron chi connectivity index (χ0n) is 20.3. The summed E-state index contributed by atoms with van der Waals surface area (Å²) in [6, 6.07) is 6.24. The van der Waals surface area contributed by atoms with E-state index >= 15 is 0 Å². The van der Waals surface area contributed by atoms with E-state index in [4.69, 9.17) is 14.2 Å². The van der Waals surface area contributed by atoms with Gasteiger partial charge in [0, 0.05) is 30.1 Å². The number of Topliss-reactive ketones (excluding diaryl/α,β-unsaturated/α-hetero) is 1. The summed E-state index contributed by atoms with van der Waals surface area (Å²) < 4.78 is 18.4. The number of aryl methyl sites for hydroxylation is 1. The topological polar surface area (TPSA) is 99.1 Å². The summed E-state index contributed by atoms with van der Waals surface area (Å²) in [6.45, 7) is 6.56. The van der Waals surface area contributed by atoms with E-state index in [1.165, 1.54) is 14.2 Å². The molecule has 34 heavy (non-hydrogen) atoms. The third kappa shape index (κ3) is 4.04. The highest BCUT2D eigenvalue weighted by atomic mass is 16.5. The van der Waals surface area contributed by atoms with Crippen molar-refractivity contribution in [2.75, 3.05) is 27.4 Å². The number of nitrogens with one attached hydrogen (secondary N) is 1. The summed E-state index contributed by atoms with van der Waals surface area (Å²) in [5.74, 6) is 0.173. The third-order valence-corrected chi connectivity index (χ3v) is 6.82. The van der Waals surface area contributed by atoms with E-state index in [0.29, 0.717) is 29.2 Å². The molecule has 2 aromatic rings. The maximum Gasteiger partial charge on any atom is 0.325 e. The fourth-order valence-electron chi connectivity index (χ4n) is 4.77. The van der Waals surface area contributed by atoms with Crippen LogP contribution in [0.3, 0.4) is 0 Å². The summed E-state index contributed by atoms with van der Waals surface area (Å²) in [7, 11) is 3.02. The monoisotopic (exact) mass is 469 g/mol. The minimum atomic E-state index is -1.33. The fraction of sp³-hybridized carbons (Fsp3) is 0.480. The molecule has 1 N–H and O–H groups in total. The van der Waals surface area contributed by atoms with Crippen molar-refractivity contribution < 1.29 is 28.6 Å². The predicted octanol–water partition coefficient (Wildman–Crippen LogP) is 2.95. The smallest absolute Gasteiger partial charge is 0.325 e. The average Bonchev–Trinajstić information content (AvgIpc) is 3.50. The molecule has 3 amide bonds. The lowest BCUT2D eigenvalue weighted by Crippen LogP contribution is -2.41. The first kappa shape index (κ1) is 23.8. The predicted molar refractivity (Wildman–Crippen MR) is 124 cm³/mol. The fourth-order valence-corrected chi connectivity index (χ4v) is 4.77. The van der Waals surface area contributed by atoms with Crippen molar-refractivity contribution in [1.29, 1.82) is 0 Å². The molecule has 4 rings (SSSR count). The van der Waals surface area contributed by atoms with E-state index in [9.17, 15) is 14.4 Å². The zero-order chi connectivity index (χ0) is 24.6. The van der Waals surface area contributed by atoms with Crippen LogP contribution in [0.1, 0.15) is 47.1 Å². The van der Waals surface area contributed by atoms with Crippen LogP contribution in [0, 0.1) is 13.8 Å². The van der Waals surface area contributed by atoms with Gasteiger partial charge in [0.25, 0.3) is 5.91 Å². The summed E-state index contributed by atoms with van der Waals surface area (Å²) >= 11 is 0. The molecule has 1 aromatic carbocycles. The molecule has 2 atom stereocenters. The highest BCUT2D eigenvalue weighted by Gasteiger charge is 2.50. The van der Waals surface area contributed by atoms with Crippen LogP contribution in [0.25, 0.3) is 0 Å². The van der Waals surface area contributed by atoms with Crippen molar-refractivity contribution in [1.82, 2.24) is 14.8 Å². The molecule has 0 aliphatic carbocycles. The third-order valence-electron chi connectivity index (χ3n) is 6.82. The van der Waals surface area contributed by atoms with Crippen molar-refractivity contribution in [2.45, 2.75) is 51.8 Å². The van der Waals surface area contributed by atoms with Crippen LogP contribution < -0.4 is 14.8 Å². The van der Waals surface area contributed by atoms with Gasteiger partial charge in [-0.2, -0.15) is 0 Å². The Hall–Kier alpha value is -3.33. The molecule has 0 unspecified atom stereocenters. The van der Waals surface area contributed by atoms with Crippen LogP contribution in [-0.4, -0.2) is 60.7 Å². The quantitative estimate of drug-likeness (QED) is 0.471. The molecule has 2 aliphatic rings. The molecule has 2 aliphatic heterocycles. The van der Waals surface area contributed by atoms with Crippen LogP contribution in [0.4, 0.5) is 4.79 Å². The minimum absolute atomic E-state index is 0.140. The molecule has 3 heterocycles. The van der Waals surface area contributed by atoms with E-state index in [1.807, 2.05) is 19.9 Å². The number of methoxy groups -OCH3 is 2. The number of ketones is 1. The van der Waals surface area contributed by atoms with Gasteiger partial charge in [0.2, 0.25) is 0 Å². The molecule has 182 valence electrons. The normalized spacial score (nSPS) is 22.3. The number of aromatic nitrogens is 1. The number of carbonyl (C=O) groups is 3. The van der Waals surface area contributed by atoms with E-state index < -0.39 is 17.5 Å². The standard InChI is InChI=1S/C25H31N3O6/c1-15-11-19(16(2)27(15)13-18-7-6-10-34-18)20(29)14-28-23(30)25(3,26-24(28)31)17-8-9-21(32-4)22(12-17)33-5/h8-9,11-12,18H,6-7,10,13-14H2,1-5H3,(H,26,31)/t18-,25+/m0/s1. The number of rotatable bonds is 8. The first-order chi connectivity index (χ1) is 16.2. The number of hydrogen-bond acceptors (Lipinski definition) is 6. The number of imide groups is 1. The Balaban J connectivity index is 1.54. The Bertz CT molecular complexity index is 1130. The average molecular weight is 470 g/mol. The number of carbonyl (C=O) groups excluding carboxylic acids is 3. The second-order valence-corrected chi connectivity index (χ2v) is 8.97. The lowest BCUT2D eigenvalue weighted by molar-refractivity contribution is -0.130. The molecule has 2 fully saturated rings. The molecule has 9 nitrogen and oxygen atoms in total. The van der Waals surface area contributed by atoms with Crippen LogP contribution in [0.2, 0.25) is 0 Å². The van der Waals surface area contributed by atoms with Gasteiger partial charge in [0.05, 0.1) is 26.9 Å². The Morgan fingerprint density at radius 2 is 1.91 bits per heavy atom. The maximum atomic E-state index is 13.3. The molecule has 0 bridgehead atoms. The van der Waals surface area contributed by atoms with E-state index in [1.54, 1.807) is 25.1 Å². The van der Waals surface area contributed by atoms with Crippen LogP contribution in [0.15, 0.2) is 24.3 Å². The number of ether oxygens (including phenoxy) is 3. The van der Waals surface area contributed by atoms with Crippen LogP contribution in [0.5, 0.6) is 11.5 Å². The van der Waals surface area contributed by atoms with Crippen molar-refractivity contribution in [3.05, 3.63) is 46.8 Å². The van der Waals surface area contributed by atoms with E-state index in [0.717, 1.165) is 35.7 Å². The Kier molecular flexibility index (Phi) is 6.40. The first-order valence-corrected chi connectivity index (χ1v) is 11.4. The maximum absolute atomic E-state index is 13.3. The Labute approximate surface area is 199 Å². The lowest BCUT2D eigenvalue weighted by atomic mass is 9.91. The highest BCUT2D eigenvalue weighted by Crippen LogP contribution is 2.35. The number of hydrogen-bond donors (Lipinski definition) is 1. The largest absolute Gasteiger partial charge is 0.493 e. The molecule has 9 heteroatoms. The van der Waals surface area contributed by atoms with Gasteiger partial charge < -0.3 is 24.1 Å². The summed E-state index contributed by atoms with van der Waals surface area (Å²) in [6.07, 6.45) is 2.18.